The molecule has 0 saturated carbocycles. The highest BCUT2D eigenvalue weighted by molar-refractivity contribution is 8.00. The van der Waals surface area contributed by atoms with Crippen LogP contribution in [0.3, 0.4) is 0 Å². The molecule has 0 atom stereocenters. The van der Waals surface area contributed by atoms with Crippen LogP contribution in [0.15, 0.2) is 29.2 Å². The van der Waals surface area contributed by atoms with Crippen molar-refractivity contribution in [2.24, 2.45) is 0 Å². The fourth-order valence-corrected chi connectivity index (χ4v) is 3.03. The number of hydrogen-bond acceptors (Lipinski definition) is 1. The van der Waals surface area contributed by atoms with E-state index in [0.29, 0.717) is 10.2 Å². The number of benzene rings is 1. The molecule has 1 aromatic rings. The van der Waals surface area contributed by atoms with Crippen LogP contribution in [-0.2, 0) is 5.41 Å². The first-order valence-corrected chi connectivity index (χ1v) is 7.98. The van der Waals surface area contributed by atoms with Gasteiger partial charge in [0.15, 0.2) is 0 Å². The summed E-state index contributed by atoms with van der Waals surface area (Å²) in [5.41, 5.74) is 1.81. The largest absolute Gasteiger partial charge is 0.120 e. The van der Waals surface area contributed by atoms with Gasteiger partial charge in [0.2, 0.25) is 0 Å². The third-order valence-corrected chi connectivity index (χ3v) is 5.71. The Hall–Kier alpha value is -0.430. The molecule has 0 fully saturated rings. The van der Waals surface area contributed by atoms with Crippen molar-refractivity contribution in [3.63, 3.8) is 0 Å². The maximum atomic E-state index is 2.37. The monoisotopic (exact) mass is 264 g/mol. The molecule has 1 heteroatoms. The maximum absolute atomic E-state index is 2.37. The Morgan fingerprint density at radius 2 is 1.33 bits per heavy atom. The van der Waals surface area contributed by atoms with Crippen LogP contribution in [0.25, 0.3) is 0 Å². The standard InChI is InChI=1S/C17H28S/c1-7-16(4,5)18-15-12-10-14(11-13-15)17(6,8-2)9-3/h10-13H,7-9H2,1-6H3. The average Bonchev–Trinajstić information content (AvgIpc) is 2.38. The van der Waals surface area contributed by atoms with Crippen LogP contribution in [0.1, 0.15) is 66.4 Å². The SMILES string of the molecule is CCC(C)(C)Sc1ccc(C(C)(CC)CC)cc1. The summed E-state index contributed by atoms with van der Waals surface area (Å²) in [4.78, 5) is 1.39. The van der Waals surface area contributed by atoms with Crippen LogP contribution in [0.4, 0.5) is 0 Å². The average molecular weight is 264 g/mol. The minimum absolute atomic E-state index is 0.334. The second kappa shape index (κ2) is 6.14. The van der Waals surface area contributed by atoms with Crippen molar-refractivity contribution in [3.8, 4) is 0 Å². The van der Waals surface area contributed by atoms with Crippen LogP contribution >= 0.6 is 11.8 Å². The molecule has 0 N–H and O–H groups in total. The third-order valence-electron chi connectivity index (χ3n) is 4.36. The highest BCUT2D eigenvalue weighted by Gasteiger charge is 2.22. The lowest BCUT2D eigenvalue weighted by Gasteiger charge is -2.28. The van der Waals surface area contributed by atoms with Crippen molar-refractivity contribution in [1.82, 2.24) is 0 Å². The van der Waals surface area contributed by atoms with Gasteiger partial charge in [-0.2, -0.15) is 0 Å². The summed E-state index contributed by atoms with van der Waals surface area (Å²) in [6.07, 6.45) is 3.61. The first-order valence-electron chi connectivity index (χ1n) is 7.16. The molecule has 102 valence electrons. The summed E-state index contributed by atoms with van der Waals surface area (Å²) >= 11 is 1.98. The van der Waals surface area contributed by atoms with Gasteiger partial charge < -0.3 is 0 Å². The summed E-state index contributed by atoms with van der Waals surface area (Å²) in [6.45, 7) is 13.8. The summed E-state index contributed by atoms with van der Waals surface area (Å²) in [5.74, 6) is 0. The molecule has 18 heavy (non-hydrogen) atoms. The van der Waals surface area contributed by atoms with E-state index in [1.165, 1.54) is 29.7 Å². The molecule has 0 saturated heterocycles. The fourth-order valence-electron chi connectivity index (χ4n) is 1.97. The van der Waals surface area contributed by atoms with Gasteiger partial charge in [-0.05, 0) is 42.4 Å². The predicted molar refractivity (Wildman–Crippen MR) is 84.6 cm³/mol. The summed E-state index contributed by atoms with van der Waals surface area (Å²) in [7, 11) is 0. The van der Waals surface area contributed by atoms with Gasteiger partial charge in [0, 0.05) is 9.64 Å². The van der Waals surface area contributed by atoms with Crippen LogP contribution in [-0.4, -0.2) is 4.75 Å². The van der Waals surface area contributed by atoms with Gasteiger partial charge in [-0.1, -0.05) is 53.7 Å². The molecule has 0 amide bonds. The van der Waals surface area contributed by atoms with E-state index < -0.39 is 0 Å². The number of hydrogen-bond donors (Lipinski definition) is 0. The predicted octanol–water partition coefficient (Wildman–Crippen LogP) is 6.05. The van der Waals surface area contributed by atoms with Gasteiger partial charge in [0.05, 0.1) is 0 Å². The fraction of sp³-hybridized carbons (Fsp3) is 0.647. The molecule has 0 aliphatic heterocycles. The Labute approximate surface area is 118 Å². The Kier molecular flexibility index (Phi) is 5.33. The molecule has 0 heterocycles. The van der Waals surface area contributed by atoms with Crippen molar-refractivity contribution in [1.29, 1.82) is 0 Å². The molecule has 0 aliphatic carbocycles. The van der Waals surface area contributed by atoms with E-state index in [0.717, 1.165) is 0 Å². The van der Waals surface area contributed by atoms with Crippen LogP contribution in [0.5, 0.6) is 0 Å². The van der Waals surface area contributed by atoms with Crippen molar-refractivity contribution < 1.29 is 0 Å². The van der Waals surface area contributed by atoms with Gasteiger partial charge in [0.25, 0.3) is 0 Å². The second-order valence-corrected chi connectivity index (χ2v) is 7.79. The van der Waals surface area contributed by atoms with Crippen LogP contribution in [0.2, 0.25) is 0 Å². The van der Waals surface area contributed by atoms with Crippen molar-refractivity contribution in [3.05, 3.63) is 29.8 Å². The second-order valence-electron chi connectivity index (χ2n) is 6.01. The lowest BCUT2D eigenvalue weighted by atomic mass is 9.78. The summed E-state index contributed by atoms with van der Waals surface area (Å²) in [5, 5.41) is 0. The van der Waals surface area contributed by atoms with Crippen LogP contribution < -0.4 is 0 Å². The topological polar surface area (TPSA) is 0 Å². The number of thioether (sulfide) groups is 1. The molecule has 1 aromatic carbocycles. The van der Waals surface area contributed by atoms with Gasteiger partial charge >= 0.3 is 0 Å². The number of rotatable bonds is 6. The lowest BCUT2D eigenvalue weighted by molar-refractivity contribution is 0.438. The summed E-state index contributed by atoms with van der Waals surface area (Å²) < 4.78 is 0.334. The molecule has 0 radical (unpaired) electrons. The van der Waals surface area contributed by atoms with E-state index in [9.17, 15) is 0 Å². The highest BCUT2D eigenvalue weighted by Crippen LogP contribution is 2.37. The molecule has 0 spiro atoms. The first kappa shape index (κ1) is 15.6. The Morgan fingerprint density at radius 3 is 1.72 bits per heavy atom. The molecule has 0 aliphatic rings. The van der Waals surface area contributed by atoms with Gasteiger partial charge in [0.1, 0.15) is 0 Å². The zero-order valence-electron chi connectivity index (χ0n) is 12.8. The van der Waals surface area contributed by atoms with Gasteiger partial charge in [-0.25, -0.2) is 0 Å². The Balaban J connectivity index is 2.86. The molecular formula is C17H28S. The third kappa shape index (κ3) is 3.78. The summed E-state index contributed by atoms with van der Waals surface area (Å²) in [6, 6.07) is 9.23. The minimum atomic E-state index is 0.334. The minimum Gasteiger partial charge on any atom is -0.120 e. The van der Waals surface area contributed by atoms with E-state index in [1.807, 2.05) is 11.8 Å². The van der Waals surface area contributed by atoms with Crippen molar-refractivity contribution in [2.45, 2.75) is 75.9 Å². The molecule has 0 bridgehead atoms. The van der Waals surface area contributed by atoms with Gasteiger partial charge in [-0.3, -0.25) is 0 Å². The van der Waals surface area contributed by atoms with Crippen molar-refractivity contribution >= 4 is 11.8 Å². The Bertz CT molecular complexity index is 358. The first-order chi connectivity index (χ1) is 8.37. The zero-order valence-corrected chi connectivity index (χ0v) is 13.7. The highest BCUT2D eigenvalue weighted by atomic mass is 32.2. The zero-order chi connectivity index (χ0) is 13.8. The lowest BCUT2D eigenvalue weighted by Crippen LogP contribution is -2.19. The smallest absolute Gasteiger partial charge is 0.0148 e. The Morgan fingerprint density at radius 1 is 0.833 bits per heavy atom. The quantitative estimate of drug-likeness (QED) is 0.564. The van der Waals surface area contributed by atoms with Crippen LogP contribution in [0, 0.1) is 0 Å². The molecule has 0 aromatic heterocycles. The maximum Gasteiger partial charge on any atom is 0.0148 e. The molecular weight excluding hydrogens is 236 g/mol. The molecule has 0 unspecified atom stereocenters. The van der Waals surface area contributed by atoms with E-state index >= 15 is 0 Å². The van der Waals surface area contributed by atoms with Crippen molar-refractivity contribution in [2.75, 3.05) is 0 Å². The molecule has 0 nitrogen and oxygen atoms in total. The normalized spacial score (nSPS) is 12.8. The van der Waals surface area contributed by atoms with E-state index in [4.69, 9.17) is 0 Å². The van der Waals surface area contributed by atoms with E-state index in [2.05, 4.69) is 65.8 Å². The molecule has 1 rings (SSSR count). The van der Waals surface area contributed by atoms with E-state index in [1.54, 1.807) is 0 Å². The van der Waals surface area contributed by atoms with E-state index in [-0.39, 0.29) is 0 Å². The van der Waals surface area contributed by atoms with Gasteiger partial charge in [-0.15, -0.1) is 11.8 Å².